The van der Waals surface area contributed by atoms with E-state index < -0.39 is 11.6 Å². The molecule has 3 rings (SSSR count). The molecule has 0 amide bonds. The summed E-state index contributed by atoms with van der Waals surface area (Å²) >= 11 is 0. The largest absolute Gasteiger partial charge is 0.248 e. The number of rotatable bonds is 1. The minimum absolute atomic E-state index is 0.315. The lowest BCUT2D eigenvalue weighted by Crippen LogP contribution is -1.92. The van der Waals surface area contributed by atoms with Crippen LogP contribution in [0.15, 0.2) is 48.5 Å². The van der Waals surface area contributed by atoms with Crippen LogP contribution in [0.2, 0.25) is 0 Å². The van der Waals surface area contributed by atoms with Crippen LogP contribution >= 0.6 is 0 Å². The number of pyridine rings is 1. The highest BCUT2D eigenvalue weighted by Gasteiger charge is 2.09. The van der Waals surface area contributed by atoms with Crippen LogP contribution in [0.3, 0.4) is 0 Å². The van der Waals surface area contributed by atoms with Gasteiger partial charge in [0.05, 0.1) is 11.2 Å². The van der Waals surface area contributed by atoms with Crippen LogP contribution in [0.5, 0.6) is 0 Å². The molecule has 2 aromatic carbocycles. The van der Waals surface area contributed by atoms with Crippen molar-refractivity contribution in [2.45, 2.75) is 6.92 Å². The van der Waals surface area contributed by atoms with Crippen molar-refractivity contribution in [3.05, 3.63) is 65.7 Å². The maximum atomic E-state index is 13.8. The zero-order valence-corrected chi connectivity index (χ0v) is 10.3. The van der Waals surface area contributed by atoms with Gasteiger partial charge in [0.1, 0.15) is 11.6 Å². The molecule has 1 nitrogen and oxygen atoms in total. The van der Waals surface area contributed by atoms with Gasteiger partial charge in [0.15, 0.2) is 0 Å². The minimum atomic E-state index is -0.595. The van der Waals surface area contributed by atoms with Crippen molar-refractivity contribution in [1.29, 1.82) is 0 Å². The van der Waals surface area contributed by atoms with Crippen molar-refractivity contribution >= 4 is 10.9 Å². The van der Waals surface area contributed by atoms with Crippen LogP contribution < -0.4 is 0 Å². The Morgan fingerprint density at radius 2 is 1.74 bits per heavy atom. The molecular formula is C16H11F2N. The van der Waals surface area contributed by atoms with Crippen LogP contribution in [-0.2, 0) is 0 Å². The lowest BCUT2D eigenvalue weighted by atomic mass is 10.0. The van der Waals surface area contributed by atoms with Crippen LogP contribution in [-0.4, -0.2) is 4.98 Å². The fraction of sp³-hybridized carbons (Fsp3) is 0.0625. The number of aromatic nitrogens is 1. The number of hydrogen-bond donors (Lipinski definition) is 0. The molecule has 0 saturated heterocycles. The highest BCUT2D eigenvalue weighted by atomic mass is 19.1. The smallest absolute Gasteiger partial charge is 0.135 e. The van der Waals surface area contributed by atoms with Crippen molar-refractivity contribution in [3.8, 4) is 11.3 Å². The lowest BCUT2D eigenvalue weighted by Gasteiger charge is -2.07. The zero-order chi connectivity index (χ0) is 13.4. The summed E-state index contributed by atoms with van der Waals surface area (Å²) in [5.74, 6) is -1.18. The summed E-state index contributed by atoms with van der Waals surface area (Å²) in [6, 6.07) is 13.0. The minimum Gasteiger partial charge on any atom is -0.248 e. The Kier molecular flexibility index (Phi) is 2.75. The monoisotopic (exact) mass is 255 g/mol. The van der Waals surface area contributed by atoms with E-state index in [2.05, 4.69) is 4.98 Å². The lowest BCUT2D eigenvalue weighted by molar-refractivity contribution is 0.585. The van der Waals surface area contributed by atoms with Crippen LogP contribution in [0, 0.1) is 18.6 Å². The number of halogens is 2. The summed E-state index contributed by atoms with van der Waals surface area (Å²) < 4.78 is 26.7. The van der Waals surface area contributed by atoms with Gasteiger partial charge in [-0.3, -0.25) is 0 Å². The maximum absolute atomic E-state index is 13.8. The summed E-state index contributed by atoms with van der Waals surface area (Å²) in [5, 5.41) is 1.04. The van der Waals surface area contributed by atoms with E-state index in [1.165, 1.54) is 12.1 Å². The molecule has 0 aliphatic heterocycles. The summed E-state index contributed by atoms with van der Waals surface area (Å²) in [7, 11) is 0. The zero-order valence-electron chi connectivity index (χ0n) is 10.3. The van der Waals surface area contributed by atoms with Crippen molar-refractivity contribution in [2.24, 2.45) is 0 Å². The fourth-order valence-corrected chi connectivity index (χ4v) is 2.18. The van der Waals surface area contributed by atoms with Gasteiger partial charge in [-0.15, -0.1) is 0 Å². The second-order valence-corrected chi connectivity index (χ2v) is 4.47. The molecule has 0 radical (unpaired) electrons. The Morgan fingerprint density at radius 1 is 0.947 bits per heavy atom. The molecule has 3 heteroatoms. The highest BCUT2D eigenvalue weighted by molar-refractivity contribution is 5.84. The number of benzene rings is 2. The first-order chi connectivity index (χ1) is 9.15. The van der Waals surface area contributed by atoms with E-state index in [4.69, 9.17) is 0 Å². The van der Waals surface area contributed by atoms with Gasteiger partial charge in [0, 0.05) is 17.0 Å². The number of hydrogen-bond acceptors (Lipinski definition) is 1. The standard InChI is InChI=1S/C16H11F2N/c1-10-8-16(13-7-6-11(17)9-14(13)18)19-15-5-3-2-4-12(10)15/h2-9H,1H3. The maximum Gasteiger partial charge on any atom is 0.135 e. The average Bonchev–Trinajstić information content (AvgIpc) is 2.38. The van der Waals surface area contributed by atoms with Gasteiger partial charge in [-0.1, -0.05) is 18.2 Å². The highest BCUT2D eigenvalue weighted by Crippen LogP contribution is 2.26. The second kappa shape index (κ2) is 4.43. The molecule has 0 fully saturated rings. The second-order valence-electron chi connectivity index (χ2n) is 4.47. The molecule has 0 aliphatic rings. The molecule has 0 unspecified atom stereocenters. The predicted octanol–water partition coefficient (Wildman–Crippen LogP) is 4.49. The van der Waals surface area contributed by atoms with Crippen molar-refractivity contribution in [2.75, 3.05) is 0 Å². The first-order valence-corrected chi connectivity index (χ1v) is 5.97. The Labute approximate surface area is 109 Å². The quantitative estimate of drug-likeness (QED) is 0.624. The number of nitrogens with zero attached hydrogens (tertiary/aromatic N) is 1. The van der Waals surface area contributed by atoms with Crippen LogP contribution in [0.1, 0.15) is 5.56 Å². The van der Waals surface area contributed by atoms with Crippen molar-refractivity contribution < 1.29 is 8.78 Å². The molecule has 94 valence electrons. The summed E-state index contributed by atoms with van der Waals surface area (Å²) in [5.41, 5.74) is 2.66. The van der Waals surface area contributed by atoms with E-state index in [0.29, 0.717) is 11.3 Å². The van der Waals surface area contributed by atoms with Gasteiger partial charge in [0.25, 0.3) is 0 Å². The molecular weight excluding hydrogens is 244 g/mol. The average molecular weight is 255 g/mol. The Hall–Kier alpha value is -2.29. The summed E-state index contributed by atoms with van der Waals surface area (Å²) in [6.07, 6.45) is 0. The van der Waals surface area contributed by atoms with Gasteiger partial charge in [-0.2, -0.15) is 0 Å². The van der Waals surface area contributed by atoms with Gasteiger partial charge >= 0.3 is 0 Å². The molecule has 19 heavy (non-hydrogen) atoms. The van der Waals surface area contributed by atoms with Gasteiger partial charge in [0.2, 0.25) is 0 Å². The normalized spacial score (nSPS) is 10.9. The molecule has 1 aromatic heterocycles. The fourth-order valence-electron chi connectivity index (χ4n) is 2.18. The molecule has 1 heterocycles. The number of para-hydroxylation sites is 1. The third kappa shape index (κ3) is 2.08. The van der Waals surface area contributed by atoms with E-state index in [0.717, 1.165) is 22.5 Å². The summed E-state index contributed by atoms with van der Waals surface area (Å²) in [6.45, 7) is 1.95. The van der Waals surface area contributed by atoms with Crippen LogP contribution in [0.4, 0.5) is 8.78 Å². The molecule has 0 N–H and O–H groups in total. The van der Waals surface area contributed by atoms with E-state index in [1.54, 1.807) is 0 Å². The van der Waals surface area contributed by atoms with Gasteiger partial charge in [-0.25, -0.2) is 13.8 Å². The molecule has 0 bridgehead atoms. The van der Waals surface area contributed by atoms with Gasteiger partial charge < -0.3 is 0 Å². The van der Waals surface area contributed by atoms with Crippen molar-refractivity contribution in [3.63, 3.8) is 0 Å². The molecule has 0 spiro atoms. The SMILES string of the molecule is Cc1cc(-c2ccc(F)cc2F)nc2ccccc12. The third-order valence-corrected chi connectivity index (χ3v) is 3.13. The van der Waals surface area contributed by atoms with Crippen molar-refractivity contribution in [1.82, 2.24) is 4.98 Å². The topological polar surface area (TPSA) is 12.9 Å². The number of fused-ring (bicyclic) bond motifs is 1. The number of aryl methyl sites for hydroxylation is 1. The Bertz CT molecular complexity index is 766. The summed E-state index contributed by atoms with van der Waals surface area (Å²) in [4.78, 5) is 4.43. The molecule has 0 atom stereocenters. The molecule has 0 saturated carbocycles. The Balaban J connectivity index is 2.25. The Morgan fingerprint density at radius 3 is 2.53 bits per heavy atom. The first kappa shape index (κ1) is 11.8. The van der Waals surface area contributed by atoms with Crippen LogP contribution in [0.25, 0.3) is 22.2 Å². The molecule has 3 aromatic rings. The third-order valence-electron chi connectivity index (χ3n) is 3.13. The van der Waals surface area contributed by atoms with E-state index in [1.807, 2.05) is 37.3 Å². The van der Waals surface area contributed by atoms with Gasteiger partial charge in [-0.05, 0) is 36.8 Å². The first-order valence-electron chi connectivity index (χ1n) is 5.97. The predicted molar refractivity (Wildman–Crippen MR) is 71.8 cm³/mol. The van der Waals surface area contributed by atoms with E-state index in [9.17, 15) is 8.78 Å². The van der Waals surface area contributed by atoms with E-state index >= 15 is 0 Å². The molecule has 0 aliphatic carbocycles. The van der Waals surface area contributed by atoms with E-state index in [-0.39, 0.29) is 0 Å².